The largest absolute Gasteiger partial charge is 0.506 e. The SMILES string of the molecule is O=C1c2ccccc2C(=O)c2c1c(O)c1ccc(-c3ccccc3)nc1c2O. The molecule has 3 aromatic carbocycles. The molecule has 1 aromatic heterocycles. The lowest BCUT2D eigenvalue weighted by atomic mass is 9.82. The van der Waals surface area contributed by atoms with Gasteiger partial charge in [-0.1, -0.05) is 54.6 Å². The van der Waals surface area contributed by atoms with E-state index in [-0.39, 0.29) is 38.9 Å². The van der Waals surface area contributed by atoms with Gasteiger partial charge in [0.15, 0.2) is 17.3 Å². The molecular weight excluding hydrogens is 354 g/mol. The third-order valence-electron chi connectivity index (χ3n) is 5.04. The number of pyridine rings is 1. The predicted octanol–water partition coefficient (Wildman–Crippen LogP) is 4.09. The minimum Gasteiger partial charge on any atom is -0.506 e. The minimum absolute atomic E-state index is 0.0816. The van der Waals surface area contributed by atoms with Gasteiger partial charge in [-0.3, -0.25) is 9.59 Å². The Balaban J connectivity index is 1.83. The van der Waals surface area contributed by atoms with E-state index in [9.17, 15) is 19.8 Å². The molecule has 0 saturated heterocycles. The van der Waals surface area contributed by atoms with Crippen molar-refractivity contribution in [3.05, 3.63) is 89.0 Å². The van der Waals surface area contributed by atoms with Crippen LogP contribution in [0.1, 0.15) is 31.8 Å². The van der Waals surface area contributed by atoms with Crippen molar-refractivity contribution < 1.29 is 19.8 Å². The maximum atomic E-state index is 13.0. The Labute approximate surface area is 159 Å². The van der Waals surface area contributed by atoms with Crippen LogP contribution in [0.3, 0.4) is 0 Å². The van der Waals surface area contributed by atoms with Crippen molar-refractivity contribution in [1.29, 1.82) is 0 Å². The third kappa shape index (κ3) is 2.10. The number of ketones is 2. The van der Waals surface area contributed by atoms with E-state index in [1.54, 1.807) is 24.3 Å². The van der Waals surface area contributed by atoms with Gasteiger partial charge < -0.3 is 10.2 Å². The second-order valence-corrected chi connectivity index (χ2v) is 6.61. The van der Waals surface area contributed by atoms with Crippen molar-refractivity contribution in [1.82, 2.24) is 4.98 Å². The van der Waals surface area contributed by atoms with Gasteiger partial charge >= 0.3 is 0 Å². The summed E-state index contributed by atoms with van der Waals surface area (Å²) in [5.74, 6) is -1.74. The predicted molar refractivity (Wildman–Crippen MR) is 104 cm³/mol. The Morgan fingerprint density at radius 3 is 1.86 bits per heavy atom. The quantitative estimate of drug-likeness (QED) is 0.436. The molecule has 5 rings (SSSR count). The van der Waals surface area contributed by atoms with E-state index in [1.807, 2.05) is 30.3 Å². The molecule has 0 aliphatic heterocycles. The Bertz CT molecular complexity index is 1310. The Morgan fingerprint density at radius 1 is 0.643 bits per heavy atom. The topological polar surface area (TPSA) is 87.5 Å². The monoisotopic (exact) mass is 367 g/mol. The van der Waals surface area contributed by atoms with Crippen LogP contribution in [0.2, 0.25) is 0 Å². The highest BCUT2D eigenvalue weighted by Gasteiger charge is 2.36. The fourth-order valence-electron chi connectivity index (χ4n) is 3.68. The van der Waals surface area contributed by atoms with Gasteiger partial charge in [0, 0.05) is 22.1 Å². The van der Waals surface area contributed by atoms with Gasteiger partial charge in [-0.15, -0.1) is 0 Å². The number of phenols is 2. The van der Waals surface area contributed by atoms with E-state index in [0.29, 0.717) is 5.69 Å². The van der Waals surface area contributed by atoms with Crippen LogP contribution < -0.4 is 0 Å². The fraction of sp³-hybridized carbons (Fsp3) is 0. The minimum atomic E-state index is -0.508. The Hall–Kier alpha value is -3.99. The average Bonchev–Trinajstić information content (AvgIpc) is 2.75. The maximum Gasteiger partial charge on any atom is 0.198 e. The smallest absolute Gasteiger partial charge is 0.198 e. The third-order valence-corrected chi connectivity index (χ3v) is 5.04. The number of rotatable bonds is 1. The molecule has 134 valence electrons. The fourth-order valence-corrected chi connectivity index (χ4v) is 3.68. The normalized spacial score (nSPS) is 12.7. The number of aromatic nitrogens is 1. The van der Waals surface area contributed by atoms with Crippen LogP contribution in [-0.4, -0.2) is 26.8 Å². The number of fused-ring (bicyclic) bond motifs is 3. The molecule has 0 amide bonds. The van der Waals surface area contributed by atoms with Gasteiger partial charge in [0.05, 0.1) is 16.8 Å². The van der Waals surface area contributed by atoms with E-state index in [2.05, 4.69) is 4.98 Å². The highest BCUT2D eigenvalue weighted by atomic mass is 16.3. The molecule has 0 bridgehead atoms. The molecule has 1 aliphatic rings. The van der Waals surface area contributed by atoms with Gasteiger partial charge in [0.2, 0.25) is 0 Å². The first-order chi connectivity index (χ1) is 13.6. The number of carbonyl (C=O) groups is 2. The van der Waals surface area contributed by atoms with Crippen LogP contribution in [0.15, 0.2) is 66.7 Å². The molecule has 0 radical (unpaired) electrons. The highest BCUT2D eigenvalue weighted by molar-refractivity contribution is 6.32. The lowest BCUT2D eigenvalue weighted by molar-refractivity contribution is 0.0974. The molecule has 4 aromatic rings. The van der Waals surface area contributed by atoms with Crippen molar-refractivity contribution in [3.8, 4) is 22.8 Å². The van der Waals surface area contributed by atoms with Gasteiger partial charge in [0.1, 0.15) is 11.3 Å². The zero-order chi connectivity index (χ0) is 19.4. The van der Waals surface area contributed by atoms with Crippen LogP contribution in [0.25, 0.3) is 22.2 Å². The molecule has 1 heterocycles. The first-order valence-corrected chi connectivity index (χ1v) is 8.70. The summed E-state index contributed by atoms with van der Waals surface area (Å²) in [7, 11) is 0. The molecule has 0 fully saturated rings. The number of aromatic hydroxyl groups is 2. The summed E-state index contributed by atoms with van der Waals surface area (Å²) >= 11 is 0. The van der Waals surface area contributed by atoms with Crippen molar-refractivity contribution in [2.75, 3.05) is 0 Å². The highest BCUT2D eigenvalue weighted by Crippen LogP contribution is 2.44. The first kappa shape index (κ1) is 16.2. The van der Waals surface area contributed by atoms with E-state index < -0.39 is 17.3 Å². The second-order valence-electron chi connectivity index (χ2n) is 6.61. The van der Waals surface area contributed by atoms with Crippen LogP contribution in [0.4, 0.5) is 0 Å². The molecular formula is C23H13NO4. The number of carbonyl (C=O) groups excluding carboxylic acids is 2. The van der Waals surface area contributed by atoms with Crippen molar-refractivity contribution in [2.24, 2.45) is 0 Å². The summed E-state index contributed by atoms with van der Waals surface area (Å²) in [6.07, 6.45) is 0. The van der Waals surface area contributed by atoms with Gasteiger partial charge in [0.25, 0.3) is 0 Å². The molecule has 2 N–H and O–H groups in total. The average molecular weight is 367 g/mol. The van der Waals surface area contributed by atoms with Crippen LogP contribution >= 0.6 is 0 Å². The molecule has 0 saturated carbocycles. The zero-order valence-electron chi connectivity index (χ0n) is 14.5. The number of benzene rings is 3. The molecule has 28 heavy (non-hydrogen) atoms. The number of phenolic OH excluding ortho intramolecular Hbond substituents is 2. The first-order valence-electron chi connectivity index (χ1n) is 8.70. The summed E-state index contributed by atoms with van der Waals surface area (Å²) in [5.41, 5.74) is 1.52. The molecule has 5 nitrogen and oxygen atoms in total. The van der Waals surface area contributed by atoms with E-state index in [4.69, 9.17) is 0 Å². The summed E-state index contributed by atoms with van der Waals surface area (Å²) in [6, 6.07) is 19.0. The maximum absolute atomic E-state index is 13.0. The van der Waals surface area contributed by atoms with E-state index in [0.717, 1.165) is 5.56 Å². The van der Waals surface area contributed by atoms with Crippen molar-refractivity contribution >= 4 is 22.5 Å². The number of hydrogen-bond donors (Lipinski definition) is 2. The zero-order valence-corrected chi connectivity index (χ0v) is 14.5. The number of nitrogens with zero attached hydrogens (tertiary/aromatic N) is 1. The van der Waals surface area contributed by atoms with Crippen LogP contribution in [0.5, 0.6) is 11.5 Å². The number of hydrogen-bond acceptors (Lipinski definition) is 5. The van der Waals surface area contributed by atoms with Gasteiger partial charge in [-0.05, 0) is 12.1 Å². The molecule has 0 atom stereocenters. The summed E-state index contributed by atoms with van der Waals surface area (Å²) in [4.78, 5) is 30.3. The second kappa shape index (κ2) is 5.76. The van der Waals surface area contributed by atoms with Gasteiger partial charge in [-0.25, -0.2) is 4.98 Å². The van der Waals surface area contributed by atoms with Crippen LogP contribution in [0, 0.1) is 0 Å². The summed E-state index contributed by atoms with van der Waals surface area (Å²) in [6.45, 7) is 0. The summed E-state index contributed by atoms with van der Waals surface area (Å²) in [5, 5.41) is 21.8. The standard InChI is InChI=1S/C23H13NO4/c25-20-13-8-4-5-9-14(13)21(26)18-17(20)22(27)15-10-11-16(24-19(15)23(18)28)12-6-2-1-3-7-12/h1-11,27-28H. The lowest BCUT2D eigenvalue weighted by Gasteiger charge is -2.20. The molecule has 0 unspecified atom stereocenters. The van der Waals surface area contributed by atoms with E-state index in [1.165, 1.54) is 12.1 Å². The summed E-state index contributed by atoms with van der Waals surface area (Å²) < 4.78 is 0. The van der Waals surface area contributed by atoms with Gasteiger partial charge in [-0.2, -0.15) is 0 Å². The van der Waals surface area contributed by atoms with Crippen molar-refractivity contribution in [2.45, 2.75) is 0 Å². The Kier molecular flexibility index (Phi) is 3.33. The van der Waals surface area contributed by atoms with E-state index >= 15 is 0 Å². The molecule has 5 heteroatoms. The van der Waals surface area contributed by atoms with Crippen LogP contribution in [-0.2, 0) is 0 Å². The molecule has 1 aliphatic carbocycles. The molecule has 0 spiro atoms. The van der Waals surface area contributed by atoms with Crippen molar-refractivity contribution in [3.63, 3.8) is 0 Å². The lowest BCUT2D eigenvalue weighted by Crippen LogP contribution is -2.21. The Morgan fingerprint density at radius 2 is 1.21 bits per heavy atom.